The van der Waals surface area contributed by atoms with Crippen LogP contribution in [0.2, 0.25) is 0 Å². The van der Waals surface area contributed by atoms with Crippen LogP contribution >= 0.6 is 0 Å². The number of nitrogens with one attached hydrogen (secondary N) is 1. The third-order valence-electron chi connectivity index (χ3n) is 5.72. The second-order valence-electron chi connectivity index (χ2n) is 7.96. The van der Waals surface area contributed by atoms with Gasteiger partial charge in [0, 0.05) is 24.3 Å². The number of ether oxygens (including phenoxy) is 1. The Kier molecular flexibility index (Phi) is 6.47. The Morgan fingerprint density at radius 3 is 2.59 bits per heavy atom. The molecule has 1 aliphatic rings. The van der Waals surface area contributed by atoms with Gasteiger partial charge in [0.2, 0.25) is 5.91 Å². The number of hydrogen-bond acceptors (Lipinski definition) is 5. The summed E-state index contributed by atoms with van der Waals surface area (Å²) in [5.41, 5.74) is 16.1. The first-order chi connectivity index (χ1) is 15.5. The number of benzene rings is 2. The summed E-state index contributed by atoms with van der Waals surface area (Å²) in [5, 5.41) is 3.01. The van der Waals surface area contributed by atoms with E-state index >= 15 is 0 Å². The highest BCUT2D eigenvalue weighted by molar-refractivity contribution is 5.93. The van der Waals surface area contributed by atoms with Gasteiger partial charge in [-0.05, 0) is 77.9 Å². The largest absolute Gasteiger partial charge is 0.489 e. The molecule has 0 aliphatic heterocycles. The number of nitrogens with two attached hydrogens (primary N) is 2. The van der Waals surface area contributed by atoms with Crippen molar-refractivity contribution in [1.82, 2.24) is 4.98 Å². The van der Waals surface area contributed by atoms with E-state index in [1.165, 1.54) is 5.56 Å². The van der Waals surface area contributed by atoms with E-state index in [0.29, 0.717) is 19.6 Å². The normalized spacial score (nSPS) is 15.0. The standard InChI is InChI=1S/C25H26N4O3/c26-14-16-1-6-21(7-2-16)29-25(31)19-4-3-18-5-8-22(13-20(18)12-19)32-15-17-9-10-28-23(11-17)24(27)30/h1-2,5-11,13,19H,3-4,12,14-15,26H2,(H2,27,30)(H,29,31). The zero-order valence-electron chi connectivity index (χ0n) is 17.7. The first-order valence-electron chi connectivity index (χ1n) is 10.6. The number of pyridine rings is 1. The molecule has 1 unspecified atom stereocenters. The van der Waals surface area contributed by atoms with Crippen molar-refractivity contribution in [2.75, 3.05) is 5.32 Å². The lowest BCUT2D eigenvalue weighted by molar-refractivity contribution is -0.120. The number of carbonyl (C=O) groups excluding carboxylic acids is 2. The van der Waals surface area contributed by atoms with E-state index in [9.17, 15) is 9.59 Å². The molecule has 7 nitrogen and oxygen atoms in total. The van der Waals surface area contributed by atoms with E-state index in [0.717, 1.165) is 41.0 Å². The van der Waals surface area contributed by atoms with Crippen LogP contribution in [-0.4, -0.2) is 16.8 Å². The number of hydrogen-bond donors (Lipinski definition) is 3. The molecule has 0 fully saturated rings. The number of aryl methyl sites for hydroxylation is 1. The fraction of sp³-hybridized carbons (Fsp3) is 0.240. The summed E-state index contributed by atoms with van der Waals surface area (Å²) in [7, 11) is 0. The second-order valence-corrected chi connectivity index (χ2v) is 7.96. The zero-order chi connectivity index (χ0) is 22.5. The maximum Gasteiger partial charge on any atom is 0.267 e. The zero-order valence-corrected chi connectivity index (χ0v) is 17.7. The molecule has 1 atom stereocenters. The monoisotopic (exact) mass is 430 g/mol. The third kappa shape index (κ3) is 5.12. The summed E-state index contributed by atoms with van der Waals surface area (Å²) >= 11 is 0. The Morgan fingerprint density at radius 2 is 1.84 bits per heavy atom. The predicted molar refractivity (Wildman–Crippen MR) is 122 cm³/mol. The predicted octanol–water partition coefficient (Wildman–Crippen LogP) is 2.96. The van der Waals surface area contributed by atoms with Gasteiger partial charge in [-0.25, -0.2) is 0 Å². The number of amides is 2. The first-order valence-corrected chi connectivity index (χ1v) is 10.6. The number of rotatable bonds is 7. The van der Waals surface area contributed by atoms with Crippen molar-refractivity contribution < 1.29 is 14.3 Å². The van der Waals surface area contributed by atoms with Gasteiger partial charge in [-0.2, -0.15) is 0 Å². The van der Waals surface area contributed by atoms with Gasteiger partial charge in [0.1, 0.15) is 18.1 Å². The van der Waals surface area contributed by atoms with Crippen molar-refractivity contribution in [3.63, 3.8) is 0 Å². The second kappa shape index (κ2) is 9.62. The number of fused-ring (bicyclic) bond motifs is 1. The molecular formula is C25H26N4O3. The number of nitrogens with zero attached hydrogens (tertiary/aromatic N) is 1. The minimum Gasteiger partial charge on any atom is -0.489 e. The molecule has 2 aromatic carbocycles. The van der Waals surface area contributed by atoms with Crippen LogP contribution in [0.4, 0.5) is 5.69 Å². The van der Waals surface area contributed by atoms with Gasteiger partial charge in [0.05, 0.1) is 0 Å². The van der Waals surface area contributed by atoms with Gasteiger partial charge in [-0.3, -0.25) is 14.6 Å². The van der Waals surface area contributed by atoms with Gasteiger partial charge < -0.3 is 21.5 Å². The molecule has 0 radical (unpaired) electrons. The SMILES string of the molecule is NCc1ccc(NC(=O)C2CCc3ccc(OCc4ccnc(C(N)=O)c4)cc3C2)cc1. The van der Waals surface area contributed by atoms with E-state index < -0.39 is 5.91 Å². The van der Waals surface area contributed by atoms with Crippen LogP contribution in [0.5, 0.6) is 5.75 Å². The average Bonchev–Trinajstić information content (AvgIpc) is 2.82. The fourth-order valence-electron chi connectivity index (χ4n) is 3.88. The molecule has 5 N–H and O–H groups in total. The Balaban J connectivity index is 1.39. The summed E-state index contributed by atoms with van der Waals surface area (Å²) in [5.74, 6) is 0.0865. The summed E-state index contributed by atoms with van der Waals surface area (Å²) in [6.07, 6.45) is 3.87. The lowest BCUT2D eigenvalue weighted by Crippen LogP contribution is -2.28. The van der Waals surface area contributed by atoms with Crippen LogP contribution in [0.25, 0.3) is 0 Å². The molecule has 7 heteroatoms. The smallest absolute Gasteiger partial charge is 0.267 e. The fourth-order valence-corrected chi connectivity index (χ4v) is 3.88. The van der Waals surface area contributed by atoms with Gasteiger partial charge >= 0.3 is 0 Å². The summed E-state index contributed by atoms with van der Waals surface area (Å²) in [4.78, 5) is 28.0. The number of primary amides is 1. The first kappa shape index (κ1) is 21.5. The minimum atomic E-state index is -0.569. The molecule has 164 valence electrons. The number of anilines is 1. The molecule has 0 spiro atoms. The van der Waals surface area contributed by atoms with Crippen LogP contribution in [0.1, 0.15) is 39.2 Å². The van der Waals surface area contributed by atoms with Gasteiger partial charge in [-0.15, -0.1) is 0 Å². The van der Waals surface area contributed by atoms with Gasteiger partial charge in [0.25, 0.3) is 5.91 Å². The van der Waals surface area contributed by atoms with Gasteiger partial charge in [0.15, 0.2) is 0 Å². The van der Waals surface area contributed by atoms with E-state index in [1.54, 1.807) is 18.3 Å². The maximum atomic E-state index is 12.8. The van der Waals surface area contributed by atoms with Crippen molar-refractivity contribution >= 4 is 17.5 Å². The van der Waals surface area contributed by atoms with E-state index in [1.807, 2.05) is 36.4 Å². The molecule has 1 aromatic heterocycles. The Labute approximate surface area is 186 Å². The summed E-state index contributed by atoms with van der Waals surface area (Å²) in [6.45, 7) is 0.774. The van der Waals surface area contributed by atoms with E-state index in [-0.39, 0.29) is 17.5 Å². The number of carbonyl (C=O) groups is 2. The number of aromatic nitrogens is 1. The molecule has 1 aliphatic carbocycles. The van der Waals surface area contributed by atoms with Crippen LogP contribution in [0, 0.1) is 5.92 Å². The van der Waals surface area contributed by atoms with Crippen LogP contribution in [-0.2, 0) is 30.8 Å². The molecule has 0 saturated carbocycles. The minimum absolute atomic E-state index is 0.0261. The molecule has 2 amide bonds. The van der Waals surface area contributed by atoms with Crippen molar-refractivity contribution in [2.24, 2.45) is 17.4 Å². The molecule has 1 heterocycles. The maximum absolute atomic E-state index is 12.8. The molecule has 0 saturated heterocycles. The highest BCUT2D eigenvalue weighted by atomic mass is 16.5. The van der Waals surface area contributed by atoms with Crippen LogP contribution in [0.15, 0.2) is 60.8 Å². The van der Waals surface area contributed by atoms with E-state index in [4.69, 9.17) is 16.2 Å². The molecule has 4 rings (SSSR count). The lowest BCUT2D eigenvalue weighted by atomic mass is 9.83. The van der Waals surface area contributed by atoms with Crippen LogP contribution in [0.3, 0.4) is 0 Å². The molecule has 3 aromatic rings. The summed E-state index contributed by atoms with van der Waals surface area (Å²) < 4.78 is 5.92. The van der Waals surface area contributed by atoms with Crippen molar-refractivity contribution in [3.05, 3.63) is 88.7 Å². The topological polar surface area (TPSA) is 120 Å². The Hall–Kier alpha value is -3.71. The van der Waals surface area contributed by atoms with Crippen molar-refractivity contribution in [3.8, 4) is 5.75 Å². The average molecular weight is 431 g/mol. The third-order valence-corrected chi connectivity index (χ3v) is 5.72. The highest BCUT2D eigenvalue weighted by Gasteiger charge is 2.25. The Morgan fingerprint density at radius 1 is 1.03 bits per heavy atom. The van der Waals surface area contributed by atoms with Gasteiger partial charge in [-0.1, -0.05) is 18.2 Å². The van der Waals surface area contributed by atoms with Crippen molar-refractivity contribution in [2.45, 2.75) is 32.4 Å². The molecule has 32 heavy (non-hydrogen) atoms. The molecular weight excluding hydrogens is 404 g/mol. The highest BCUT2D eigenvalue weighted by Crippen LogP contribution is 2.30. The lowest BCUT2D eigenvalue weighted by Gasteiger charge is -2.24. The molecule has 0 bridgehead atoms. The van der Waals surface area contributed by atoms with Crippen molar-refractivity contribution in [1.29, 1.82) is 0 Å². The van der Waals surface area contributed by atoms with E-state index in [2.05, 4.69) is 16.4 Å². The Bertz CT molecular complexity index is 1130. The van der Waals surface area contributed by atoms with Crippen LogP contribution < -0.4 is 21.5 Å². The quantitative estimate of drug-likeness (QED) is 0.532. The summed E-state index contributed by atoms with van der Waals surface area (Å²) in [6, 6.07) is 17.0.